The first kappa shape index (κ1) is 16.3. The van der Waals surface area contributed by atoms with Gasteiger partial charge < -0.3 is 10.1 Å². The predicted molar refractivity (Wildman–Crippen MR) is 88.5 cm³/mol. The average molecular weight is 361 g/mol. The van der Waals surface area contributed by atoms with Crippen LogP contribution in [0.1, 0.15) is 32.8 Å². The highest BCUT2D eigenvalue weighted by molar-refractivity contribution is 9.10. The van der Waals surface area contributed by atoms with Gasteiger partial charge in [0.05, 0.1) is 6.61 Å². The van der Waals surface area contributed by atoms with E-state index in [1.807, 2.05) is 6.07 Å². The molecule has 1 unspecified atom stereocenters. The van der Waals surface area contributed by atoms with Gasteiger partial charge in [-0.1, -0.05) is 33.6 Å². The fourth-order valence-electron chi connectivity index (χ4n) is 2.51. The minimum absolute atomic E-state index is 0.124. The second-order valence-electron chi connectivity index (χ2n) is 6.82. The maximum absolute atomic E-state index is 6.37. The SMILES string of the molecule is CC(C)(C)NCC1(Cc2ccc(Br)cc2Cl)CCOC1. The van der Waals surface area contributed by atoms with Gasteiger partial charge in [0.1, 0.15) is 0 Å². The molecule has 1 heterocycles. The van der Waals surface area contributed by atoms with Gasteiger partial charge in [0, 0.05) is 33.6 Å². The molecule has 1 saturated heterocycles. The summed E-state index contributed by atoms with van der Waals surface area (Å²) in [5, 5.41) is 4.46. The number of nitrogens with one attached hydrogen (secondary N) is 1. The van der Waals surface area contributed by atoms with Crippen LogP contribution in [0.3, 0.4) is 0 Å². The molecule has 0 bridgehead atoms. The van der Waals surface area contributed by atoms with E-state index >= 15 is 0 Å². The molecule has 0 aliphatic carbocycles. The smallest absolute Gasteiger partial charge is 0.0538 e. The summed E-state index contributed by atoms with van der Waals surface area (Å²) >= 11 is 9.83. The van der Waals surface area contributed by atoms with E-state index in [1.54, 1.807) is 0 Å². The number of halogens is 2. The van der Waals surface area contributed by atoms with Gasteiger partial charge in [0.25, 0.3) is 0 Å². The molecule has 1 fully saturated rings. The standard InChI is InChI=1S/C16H23BrClNO/c1-15(2,3)19-10-16(6-7-20-11-16)9-12-4-5-13(17)8-14(12)18/h4-5,8,19H,6-7,9-11H2,1-3H3. The minimum atomic E-state index is 0.124. The fraction of sp³-hybridized carbons (Fsp3) is 0.625. The lowest BCUT2D eigenvalue weighted by atomic mass is 9.80. The lowest BCUT2D eigenvalue weighted by Crippen LogP contribution is -2.45. The van der Waals surface area contributed by atoms with E-state index in [1.165, 1.54) is 5.56 Å². The van der Waals surface area contributed by atoms with Crippen LogP contribution in [0.25, 0.3) is 0 Å². The van der Waals surface area contributed by atoms with Crippen LogP contribution in [-0.2, 0) is 11.2 Å². The van der Waals surface area contributed by atoms with Crippen molar-refractivity contribution in [1.82, 2.24) is 5.32 Å². The highest BCUT2D eigenvalue weighted by Crippen LogP contribution is 2.35. The summed E-state index contributed by atoms with van der Waals surface area (Å²) in [6.07, 6.45) is 2.05. The van der Waals surface area contributed by atoms with Crippen LogP contribution in [0, 0.1) is 5.41 Å². The summed E-state index contributed by atoms with van der Waals surface area (Å²) in [6, 6.07) is 6.14. The summed E-state index contributed by atoms with van der Waals surface area (Å²) in [7, 11) is 0. The van der Waals surface area contributed by atoms with Gasteiger partial charge in [0.15, 0.2) is 0 Å². The second kappa shape index (κ2) is 6.35. The zero-order chi connectivity index (χ0) is 14.8. The van der Waals surface area contributed by atoms with E-state index in [2.05, 4.69) is 54.2 Å². The molecule has 0 radical (unpaired) electrons. The van der Waals surface area contributed by atoms with Gasteiger partial charge in [-0.3, -0.25) is 0 Å². The Morgan fingerprint density at radius 2 is 2.15 bits per heavy atom. The monoisotopic (exact) mass is 359 g/mol. The quantitative estimate of drug-likeness (QED) is 0.857. The lowest BCUT2D eigenvalue weighted by molar-refractivity contribution is 0.144. The largest absolute Gasteiger partial charge is 0.381 e. The summed E-state index contributed by atoms with van der Waals surface area (Å²) in [6.45, 7) is 9.21. The van der Waals surface area contributed by atoms with Gasteiger partial charge >= 0.3 is 0 Å². The van der Waals surface area contributed by atoms with Crippen LogP contribution < -0.4 is 5.32 Å². The summed E-state index contributed by atoms with van der Waals surface area (Å²) in [5.74, 6) is 0. The molecule has 1 aliphatic heterocycles. The number of rotatable bonds is 4. The molecular formula is C16H23BrClNO. The molecule has 1 aliphatic rings. The molecule has 0 aromatic heterocycles. The summed E-state index contributed by atoms with van der Waals surface area (Å²) in [4.78, 5) is 0. The molecule has 112 valence electrons. The van der Waals surface area contributed by atoms with Gasteiger partial charge in [-0.15, -0.1) is 0 Å². The van der Waals surface area contributed by atoms with Crippen molar-refractivity contribution in [3.63, 3.8) is 0 Å². The molecular weight excluding hydrogens is 338 g/mol. The summed E-state index contributed by atoms with van der Waals surface area (Å²) in [5.41, 5.74) is 1.49. The third-order valence-corrected chi connectivity index (χ3v) is 4.60. The van der Waals surface area contributed by atoms with Gasteiger partial charge in [0.2, 0.25) is 0 Å². The van der Waals surface area contributed by atoms with Crippen LogP contribution in [0.5, 0.6) is 0 Å². The van der Waals surface area contributed by atoms with Gasteiger partial charge in [-0.05, 0) is 51.3 Å². The number of ether oxygens (including phenoxy) is 1. The Morgan fingerprint density at radius 3 is 2.70 bits per heavy atom. The molecule has 0 saturated carbocycles. The third kappa shape index (κ3) is 4.45. The van der Waals surface area contributed by atoms with E-state index in [0.717, 1.165) is 42.1 Å². The average Bonchev–Trinajstić information content (AvgIpc) is 2.79. The molecule has 1 aromatic carbocycles. The molecule has 1 aromatic rings. The van der Waals surface area contributed by atoms with E-state index in [0.29, 0.717) is 0 Å². The van der Waals surface area contributed by atoms with Crippen LogP contribution >= 0.6 is 27.5 Å². The number of hydrogen-bond donors (Lipinski definition) is 1. The molecule has 0 amide bonds. The van der Waals surface area contributed by atoms with Crippen LogP contribution in [-0.4, -0.2) is 25.3 Å². The highest BCUT2D eigenvalue weighted by atomic mass is 79.9. The maximum Gasteiger partial charge on any atom is 0.0538 e. The second-order valence-corrected chi connectivity index (χ2v) is 8.14. The van der Waals surface area contributed by atoms with E-state index < -0.39 is 0 Å². The molecule has 20 heavy (non-hydrogen) atoms. The van der Waals surface area contributed by atoms with Crippen LogP contribution in [0.15, 0.2) is 22.7 Å². The van der Waals surface area contributed by atoms with Crippen LogP contribution in [0.4, 0.5) is 0 Å². The Bertz CT molecular complexity index is 464. The first-order valence-electron chi connectivity index (χ1n) is 7.06. The summed E-state index contributed by atoms with van der Waals surface area (Å²) < 4.78 is 6.69. The van der Waals surface area contributed by atoms with Crippen molar-refractivity contribution in [3.8, 4) is 0 Å². The normalized spacial score (nSPS) is 23.2. The van der Waals surface area contributed by atoms with E-state index in [4.69, 9.17) is 16.3 Å². The third-order valence-electron chi connectivity index (χ3n) is 3.76. The Hall–Kier alpha value is -0.0900. The van der Waals surface area contributed by atoms with Crippen molar-refractivity contribution in [2.45, 2.75) is 39.2 Å². The van der Waals surface area contributed by atoms with Crippen molar-refractivity contribution in [2.24, 2.45) is 5.41 Å². The molecule has 4 heteroatoms. The van der Waals surface area contributed by atoms with Crippen molar-refractivity contribution in [2.75, 3.05) is 19.8 Å². The minimum Gasteiger partial charge on any atom is -0.381 e. The van der Waals surface area contributed by atoms with Gasteiger partial charge in [-0.2, -0.15) is 0 Å². The van der Waals surface area contributed by atoms with Gasteiger partial charge in [-0.25, -0.2) is 0 Å². The van der Waals surface area contributed by atoms with Crippen molar-refractivity contribution in [1.29, 1.82) is 0 Å². The first-order valence-corrected chi connectivity index (χ1v) is 8.24. The van der Waals surface area contributed by atoms with Crippen molar-refractivity contribution < 1.29 is 4.74 Å². The zero-order valence-corrected chi connectivity index (χ0v) is 14.8. The Morgan fingerprint density at radius 1 is 1.40 bits per heavy atom. The molecule has 1 N–H and O–H groups in total. The Labute approximate surface area is 135 Å². The highest BCUT2D eigenvalue weighted by Gasteiger charge is 2.36. The number of benzene rings is 1. The molecule has 2 nitrogen and oxygen atoms in total. The Kier molecular flexibility index (Phi) is 5.17. The molecule has 1 atom stereocenters. The maximum atomic E-state index is 6.37. The van der Waals surface area contributed by atoms with Crippen LogP contribution in [0.2, 0.25) is 5.02 Å². The number of hydrogen-bond acceptors (Lipinski definition) is 2. The molecule has 0 spiro atoms. The fourth-order valence-corrected chi connectivity index (χ4v) is 3.25. The molecule has 2 rings (SSSR count). The Balaban J connectivity index is 2.12. The predicted octanol–water partition coefficient (Wildman–Crippen LogP) is 4.44. The topological polar surface area (TPSA) is 21.3 Å². The van der Waals surface area contributed by atoms with Crippen molar-refractivity contribution >= 4 is 27.5 Å². The van der Waals surface area contributed by atoms with E-state index in [9.17, 15) is 0 Å². The zero-order valence-electron chi connectivity index (χ0n) is 12.4. The lowest BCUT2D eigenvalue weighted by Gasteiger charge is -2.32. The first-order chi connectivity index (χ1) is 9.30. The van der Waals surface area contributed by atoms with E-state index in [-0.39, 0.29) is 11.0 Å². The van der Waals surface area contributed by atoms with Crippen molar-refractivity contribution in [3.05, 3.63) is 33.3 Å².